The monoisotopic (exact) mass is 235 g/mol. The zero-order valence-corrected chi connectivity index (χ0v) is 9.89. The highest BCUT2D eigenvalue weighted by Gasteiger charge is 2.16. The number of aromatic nitrogens is 1. The Morgan fingerprint density at radius 1 is 1.59 bits per heavy atom. The van der Waals surface area contributed by atoms with Gasteiger partial charge in [-0.3, -0.25) is 4.79 Å². The van der Waals surface area contributed by atoms with Gasteiger partial charge in [0.2, 0.25) is 5.91 Å². The molecule has 1 saturated heterocycles. The molecule has 0 bridgehead atoms. The van der Waals surface area contributed by atoms with Gasteiger partial charge in [-0.15, -0.1) is 0 Å². The lowest BCUT2D eigenvalue weighted by Crippen LogP contribution is -2.33. The highest BCUT2D eigenvalue weighted by atomic mass is 16.3. The van der Waals surface area contributed by atoms with Crippen molar-refractivity contribution in [3.05, 3.63) is 23.9 Å². The molecule has 0 saturated carbocycles. The summed E-state index contributed by atoms with van der Waals surface area (Å²) < 4.78 is 0. The molecule has 2 heterocycles. The number of rotatable bonds is 2. The van der Waals surface area contributed by atoms with E-state index in [1.165, 1.54) is 0 Å². The van der Waals surface area contributed by atoms with E-state index in [-0.39, 0.29) is 5.91 Å². The van der Waals surface area contributed by atoms with Crippen LogP contribution in [0, 0.1) is 0 Å². The fourth-order valence-electron chi connectivity index (χ4n) is 1.87. The van der Waals surface area contributed by atoms with Crippen molar-refractivity contribution in [2.24, 2.45) is 0 Å². The second-order valence-corrected chi connectivity index (χ2v) is 4.25. The predicted octanol–water partition coefficient (Wildman–Crippen LogP) is 0.461. The van der Waals surface area contributed by atoms with Crippen molar-refractivity contribution in [3.8, 4) is 0 Å². The summed E-state index contributed by atoms with van der Waals surface area (Å²) in [4.78, 5) is 17.7. The van der Waals surface area contributed by atoms with Crippen LogP contribution in [0.25, 0.3) is 0 Å². The zero-order chi connectivity index (χ0) is 12.3. The van der Waals surface area contributed by atoms with Crippen molar-refractivity contribution < 1.29 is 9.90 Å². The number of carbonyl (C=O) groups is 1. The first-order chi connectivity index (χ1) is 8.16. The summed E-state index contributed by atoms with van der Waals surface area (Å²) in [6.07, 6.45) is 2.06. The first kappa shape index (κ1) is 11.9. The lowest BCUT2D eigenvalue weighted by atomic mass is 10.1. The van der Waals surface area contributed by atoms with E-state index in [2.05, 4.69) is 10.3 Å². The second-order valence-electron chi connectivity index (χ2n) is 4.25. The number of nitrogens with one attached hydrogen (secondary N) is 1. The van der Waals surface area contributed by atoms with Crippen LogP contribution in [-0.4, -0.2) is 35.6 Å². The normalized spacial score (nSPS) is 18.5. The Morgan fingerprint density at radius 3 is 3.18 bits per heavy atom. The Labute approximate surface area is 100 Å². The molecule has 1 aliphatic heterocycles. The van der Waals surface area contributed by atoms with Crippen LogP contribution in [0.4, 0.5) is 5.82 Å². The Morgan fingerprint density at radius 2 is 2.41 bits per heavy atom. The molecule has 1 aromatic rings. The average molecular weight is 235 g/mol. The van der Waals surface area contributed by atoms with Gasteiger partial charge in [-0.1, -0.05) is 0 Å². The number of carbonyl (C=O) groups excluding carboxylic acids is 1. The van der Waals surface area contributed by atoms with E-state index in [9.17, 15) is 9.90 Å². The van der Waals surface area contributed by atoms with Gasteiger partial charge in [-0.25, -0.2) is 4.98 Å². The molecule has 1 amide bonds. The molecule has 0 spiro atoms. The minimum absolute atomic E-state index is 0.0201. The summed E-state index contributed by atoms with van der Waals surface area (Å²) in [5.74, 6) is 0.771. The maximum absolute atomic E-state index is 11.5. The fraction of sp³-hybridized carbons (Fsp3) is 0.500. The molecule has 2 N–H and O–H groups in total. The van der Waals surface area contributed by atoms with E-state index >= 15 is 0 Å². The molecule has 17 heavy (non-hydrogen) atoms. The van der Waals surface area contributed by atoms with Crippen molar-refractivity contribution in [1.29, 1.82) is 0 Å². The summed E-state index contributed by atoms with van der Waals surface area (Å²) in [5.41, 5.74) is 0.819. The van der Waals surface area contributed by atoms with Crippen LogP contribution in [0.3, 0.4) is 0 Å². The third-order valence-corrected chi connectivity index (χ3v) is 2.84. The summed E-state index contributed by atoms with van der Waals surface area (Å²) >= 11 is 0. The quantitative estimate of drug-likeness (QED) is 0.781. The van der Waals surface area contributed by atoms with Crippen LogP contribution in [-0.2, 0) is 4.79 Å². The molecule has 5 heteroatoms. The number of aliphatic hydroxyl groups excluding tert-OH is 1. The van der Waals surface area contributed by atoms with Gasteiger partial charge in [0.05, 0.1) is 12.6 Å². The van der Waals surface area contributed by atoms with Gasteiger partial charge >= 0.3 is 0 Å². The number of hydrogen-bond donors (Lipinski definition) is 2. The van der Waals surface area contributed by atoms with Gasteiger partial charge in [0.15, 0.2) is 0 Å². The highest BCUT2D eigenvalue weighted by molar-refractivity contribution is 5.81. The molecule has 0 aliphatic carbocycles. The van der Waals surface area contributed by atoms with Crippen molar-refractivity contribution in [1.82, 2.24) is 10.3 Å². The van der Waals surface area contributed by atoms with Gasteiger partial charge in [-0.05, 0) is 31.0 Å². The van der Waals surface area contributed by atoms with Gasteiger partial charge in [0, 0.05) is 19.3 Å². The Bertz CT molecular complexity index is 406. The summed E-state index contributed by atoms with van der Waals surface area (Å²) in [5, 5.41) is 12.4. The lowest BCUT2D eigenvalue weighted by molar-refractivity contribution is -0.119. The number of amides is 1. The van der Waals surface area contributed by atoms with E-state index in [1.807, 2.05) is 11.0 Å². The van der Waals surface area contributed by atoms with Crippen molar-refractivity contribution in [3.63, 3.8) is 0 Å². The molecule has 1 fully saturated rings. The first-order valence-corrected chi connectivity index (χ1v) is 5.82. The van der Waals surface area contributed by atoms with Crippen molar-refractivity contribution in [2.75, 3.05) is 24.5 Å². The maximum atomic E-state index is 11.5. The van der Waals surface area contributed by atoms with Crippen molar-refractivity contribution in [2.45, 2.75) is 19.4 Å². The van der Waals surface area contributed by atoms with Gasteiger partial charge in [-0.2, -0.15) is 0 Å². The molecule has 0 radical (unpaired) electrons. The summed E-state index contributed by atoms with van der Waals surface area (Å²) in [7, 11) is 0. The minimum atomic E-state index is -0.516. The topological polar surface area (TPSA) is 65.5 Å². The number of hydrogen-bond acceptors (Lipinski definition) is 4. The standard InChI is InChI=1S/C12H17N3O2/c1-9(16)10-3-5-13-11(7-10)15-6-2-4-14-12(17)8-15/h3,5,7,9,16H,2,4,6,8H2,1H3,(H,14,17)/t9-/m1/s1. The molecule has 0 aromatic carbocycles. The third-order valence-electron chi connectivity index (χ3n) is 2.84. The molecule has 1 aliphatic rings. The molecule has 1 aromatic heterocycles. The minimum Gasteiger partial charge on any atom is -0.389 e. The molecule has 92 valence electrons. The number of pyridine rings is 1. The number of aliphatic hydroxyl groups is 1. The van der Waals surface area contributed by atoms with E-state index in [1.54, 1.807) is 19.2 Å². The van der Waals surface area contributed by atoms with E-state index in [0.29, 0.717) is 13.1 Å². The van der Waals surface area contributed by atoms with Gasteiger partial charge < -0.3 is 15.3 Å². The molecule has 0 unspecified atom stereocenters. The van der Waals surface area contributed by atoms with Crippen LogP contribution in [0.5, 0.6) is 0 Å². The smallest absolute Gasteiger partial charge is 0.239 e. The lowest BCUT2D eigenvalue weighted by Gasteiger charge is -2.20. The molecular formula is C12H17N3O2. The van der Waals surface area contributed by atoms with Crippen LogP contribution in [0.2, 0.25) is 0 Å². The van der Waals surface area contributed by atoms with Gasteiger partial charge in [0.25, 0.3) is 0 Å². The third kappa shape index (κ3) is 2.94. The predicted molar refractivity (Wildman–Crippen MR) is 64.7 cm³/mol. The van der Waals surface area contributed by atoms with Crippen LogP contribution >= 0.6 is 0 Å². The molecule has 2 rings (SSSR count). The highest BCUT2D eigenvalue weighted by Crippen LogP contribution is 2.18. The summed E-state index contributed by atoms with van der Waals surface area (Å²) in [6, 6.07) is 3.62. The van der Waals surface area contributed by atoms with E-state index in [4.69, 9.17) is 0 Å². The second kappa shape index (κ2) is 5.14. The Kier molecular flexibility index (Phi) is 3.58. The van der Waals surface area contributed by atoms with Crippen LogP contribution < -0.4 is 10.2 Å². The molecule has 1 atom stereocenters. The molecule has 5 nitrogen and oxygen atoms in total. The first-order valence-electron chi connectivity index (χ1n) is 5.82. The SMILES string of the molecule is C[C@@H](O)c1ccnc(N2CCCNC(=O)C2)c1. The fourth-order valence-corrected chi connectivity index (χ4v) is 1.87. The maximum Gasteiger partial charge on any atom is 0.239 e. The zero-order valence-electron chi connectivity index (χ0n) is 9.89. The van der Waals surface area contributed by atoms with E-state index < -0.39 is 6.10 Å². The van der Waals surface area contributed by atoms with E-state index in [0.717, 1.165) is 24.3 Å². The Balaban J connectivity index is 2.20. The number of anilines is 1. The molecular weight excluding hydrogens is 218 g/mol. The van der Waals surface area contributed by atoms with Crippen LogP contribution in [0.15, 0.2) is 18.3 Å². The Hall–Kier alpha value is -1.62. The average Bonchev–Trinajstić information content (AvgIpc) is 2.54. The number of nitrogens with zero attached hydrogens (tertiary/aromatic N) is 2. The van der Waals surface area contributed by atoms with Crippen LogP contribution in [0.1, 0.15) is 25.0 Å². The summed E-state index contributed by atoms with van der Waals surface area (Å²) in [6.45, 7) is 3.56. The van der Waals surface area contributed by atoms with Gasteiger partial charge in [0.1, 0.15) is 5.82 Å². The van der Waals surface area contributed by atoms with Crippen molar-refractivity contribution >= 4 is 11.7 Å². The largest absolute Gasteiger partial charge is 0.389 e.